The van der Waals surface area contributed by atoms with Gasteiger partial charge < -0.3 is 14.9 Å². The molecule has 100 valence electrons. The average Bonchev–Trinajstić information content (AvgIpc) is 2.35. The Morgan fingerprint density at radius 2 is 2.17 bits per heavy atom. The Balaban J connectivity index is 2.76. The first-order valence-corrected chi connectivity index (χ1v) is 7.06. The van der Waals surface area contributed by atoms with E-state index >= 15 is 0 Å². The predicted octanol–water partition coefficient (Wildman–Crippen LogP) is 2.13. The fourth-order valence-corrected chi connectivity index (χ4v) is 2.37. The zero-order valence-corrected chi connectivity index (χ0v) is 12.5. The molecule has 2 atom stereocenters. The monoisotopic (exact) mass is 334 g/mol. The minimum atomic E-state index is -1.04. The number of ether oxygens (including phenoxy) is 1. The molecule has 0 aliphatic heterocycles. The van der Waals surface area contributed by atoms with Crippen LogP contribution in [0, 0.1) is 0 Å². The molecule has 0 fully saturated rings. The van der Waals surface area contributed by atoms with Crippen molar-refractivity contribution in [2.45, 2.75) is 19.1 Å². The van der Waals surface area contributed by atoms with Gasteiger partial charge in [-0.25, -0.2) is 0 Å². The van der Waals surface area contributed by atoms with Crippen LogP contribution in [-0.2, 0) is 4.79 Å². The van der Waals surface area contributed by atoms with E-state index in [-0.39, 0.29) is 10.9 Å². The highest BCUT2D eigenvalue weighted by Gasteiger charge is 2.20. The number of halogens is 1. The molecule has 2 unspecified atom stereocenters. The molecule has 0 heterocycles. The third-order valence-electron chi connectivity index (χ3n) is 2.34. The van der Waals surface area contributed by atoms with E-state index in [0.29, 0.717) is 11.3 Å². The molecular weight excluding hydrogens is 320 g/mol. The van der Waals surface area contributed by atoms with Gasteiger partial charge in [-0.2, -0.15) is 0 Å². The SMILES string of the molecule is COc1cc(C(O)C(O)CSC(C)=O)ccc1Br. The van der Waals surface area contributed by atoms with Crippen LogP contribution in [-0.4, -0.2) is 34.3 Å². The third kappa shape index (κ3) is 4.28. The third-order valence-corrected chi connectivity index (χ3v) is 3.91. The van der Waals surface area contributed by atoms with E-state index in [2.05, 4.69) is 15.9 Å². The molecule has 0 spiro atoms. The van der Waals surface area contributed by atoms with E-state index in [1.807, 2.05) is 0 Å². The van der Waals surface area contributed by atoms with E-state index in [1.54, 1.807) is 18.2 Å². The minimum absolute atomic E-state index is 0.0883. The van der Waals surface area contributed by atoms with Crippen molar-refractivity contribution < 1.29 is 19.7 Å². The number of carbonyl (C=O) groups is 1. The van der Waals surface area contributed by atoms with Crippen molar-refractivity contribution in [3.8, 4) is 5.75 Å². The summed E-state index contributed by atoms with van der Waals surface area (Å²) in [5, 5.41) is 19.7. The van der Waals surface area contributed by atoms with Gasteiger partial charge in [-0.3, -0.25) is 4.79 Å². The van der Waals surface area contributed by atoms with E-state index in [1.165, 1.54) is 14.0 Å². The average molecular weight is 335 g/mol. The number of rotatable bonds is 5. The van der Waals surface area contributed by atoms with Crippen LogP contribution in [0.25, 0.3) is 0 Å². The van der Waals surface area contributed by atoms with Gasteiger partial charge in [0.2, 0.25) is 0 Å². The topological polar surface area (TPSA) is 66.8 Å². The van der Waals surface area contributed by atoms with Crippen LogP contribution in [0.4, 0.5) is 0 Å². The molecule has 2 N–H and O–H groups in total. The molecule has 1 aromatic carbocycles. The molecule has 1 aromatic rings. The van der Waals surface area contributed by atoms with E-state index < -0.39 is 12.2 Å². The quantitative estimate of drug-likeness (QED) is 0.863. The molecule has 0 saturated carbocycles. The number of thioether (sulfide) groups is 1. The maximum absolute atomic E-state index is 10.8. The minimum Gasteiger partial charge on any atom is -0.496 e. The lowest BCUT2D eigenvalue weighted by Gasteiger charge is -2.18. The highest BCUT2D eigenvalue weighted by atomic mass is 79.9. The Morgan fingerprint density at radius 1 is 1.50 bits per heavy atom. The van der Waals surface area contributed by atoms with Crippen molar-refractivity contribution in [3.63, 3.8) is 0 Å². The number of benzene rings is 1. The first-order chi connectivity index (χ1) is 8.45. The van der Waals surface area contributed by atoms with E-state index in [9.17, 15) is 15.0 Å². The standard InChI is InChI=1S/C12H15BrO4S/c1-7(14)18-6-10(15)12(16)8-3-4-9(13)11(5-8)17-2/h3-5,10,12,15-16H,6H2,1-2H3. The summed E-state index contributed by atoms with van der Waals surface area (Å²) < 4.78 is 5.89. The van der Waals surface area contributed by atoms with E-state index in [0.717, 1.165) is 16.2 Å². The van der Waals surface area contributed by atoms with Gasteiger partial charge in [0.05, 0.1) is 17.7 Å². The Morgan fingerprint density at radius 3 is 2.72 bits per heavy atom. The molecule has 18 heavy (non-hydrogen) atoms. The summed E-state index contributed by atoms with van der Waals surface area (Å²) in [6.07, 6.45) is -2.04. The highest BCUT2D eigenvalue weighted by molar-refractivity contribution is 9.10. The van der Waals surface area contributed by atoms with Crippen molar-refractivity contribution >= 4 is 32.8 Å². The fraction of sp³-hybridized carbons (Fsp3) is 0.417. The number of hydrogen-bond acceptors (Lipinski definition) is 5. The van der Waals surface area contributed by atoms with Gasteiger partial charge in [0, 0.05) is 12.7 Å². The van der Waals surface area contributed by atoms with Crippen molar-refractivity contribution in [3.05, 3.63) is 28.2 Å². The number of aliphatic hydroxyl groups is 2. The molecule has 0 aromatic heterocycles. The normalized spacial score (nSPS) is 14.1. The lowest BCUT2D eigenvalue weighted by Crippen LogP contribution is -2.21. The fourth-order valence-electron chi connectivity index (χ4n) is 1.38. The summed E-state index contributed by atoms with van der Waals surface area (Å²) in [5.74, 6) is 0.743. The van der Waals surface area contributed by atoms with Crippen LogP contribution < -0.4 is 4.74 Å². The first-order valence-electron chi connectivity index (χ1n) is 5.28. The number of hydrogen-bond donors (Lipinski definition) is 2. The zero-order chi connectivity index (χ0) is 13.7. The zero-order valence-electron chi connectivity index (χ0n) is 10.1. The summed E-state index contributed by atoms with van der Waals surface area (Å²) in [6.45, 7) is 1.42. The van der Waals surface area contributed by atoms with Gasteiger partial charge >= 0.3 is 0 Å². The molecule has 0 amide bonds. The molecule has 0 bridgehead atoms. The summed E-state index contributed by atoms with van der Waals surface area (Å²) in [4.78, 5) is 10.8. The summed E-state index contributed by atoms with van der Waals surface area (Å²) in [5.41, 5.74) is 0.548. The largest absolute Gasteiger partial charge is 0.496 e. The highest BCUT2D eigenvalue weighted by Crippen LogP contribution is 2.29. The molecule has 0 aliphatic rings. The van der Waals surface area contributed by atoms with Crippen LogP contribution in [0.1, 0.15) is 18.6 Å². The molecule has 0 aliphatic carbocycles. The van der Waals surface area contributed by atoms with Crippen LogP contribution >= 0.6 is 27.7 Å². The first kappa shape index (κ1) is 15.5. The van der Waals surface area contributed by atoms with Crippen molar-refractivity contribution in [2.75, 3.05) is 12.9 Å². The van der Waals surface area contributed by atoms with Gasteiger partial charge in [0.1, 0.15) is 11.9 Å². The van der Waals surface area contributed by atoms with Crippen molar-refractivity contribution in [1.82, 2.24) is 0 Å². The number of carbonyl (C=O) groups excluding carboxylic acids is 1. The Labute approximate surface area is 118 Å². The molecule has 1 rings (SSSR count). The maximum atomic E-state index is 10.8. The second kappa shape index (κ2) is 7.13. The smallest absolute Gasteiger partial charge is 0.185 e. The molecule has 6 heteroatoms. The van der Waals surface area contributed by atoms with E-state index in [4.69, 9.17) is 4.74 Å². The Bertz CT molecular complexity index is 425. The van der Waals surface area contributed by atoms with Crippen molar-refractivity contribution in [2.24, 2.45) is 0 Å². The van der Waals surface area contributed by atoms with Crippen molar-refractivity contribution in [1.29, 1.82) is 0 Å². The number of methoxy groups -OCH3 is 1. The maximum Gasteiger partial charge on any atom is 0.185 e. The van der Waals surface area contributed by atoms with Gasteiger partial charge in [0.25, 0.3) is 0 Å². The predicted molar refractivity (Wildman–Crippen MR) is 74.8 cm³/mol. The lowest BCUT2D eigenvalue weighted by molar-refractivity contribution is -0.109. The van der Waals surface area contributed by atoms with Gasteiger partial charge in [-0.1, -0.05) is 17.8 Å². The van der Waals surface area contributed by atoms with Crippen LogP contribution in [0.2, 0.25) is 0 Å². The Hall–Kier alpha value is -0.560. The second-order valence-electron chi connectivity index (χ2n) is 3.71. The van der Waals surface area contributed by atoms with Gasteiger partial charge in [-0.15, -0.1) is 0 Å². The summed E-state index contributed by atoms with van der Waals surface area (Å²) in [7, 11) is 1.53. The molecule has 0 saturated heterocycles. The summed E-state index contributed by atoms with van der Waals surface area (Å²) in [6, 6.07) is 5.08. The van der Waals surface area contributed by atoms with Crippen LogP contribution in [0.15, 0.2) is 22.7 Å². The van der Waals surface area contributed by atoms with Crippen LogP contribution in [0.5, 0.6) is 5.75 Å². The van der Waals surface area contributed by atoms with Gasteiger partial charge in [-0.05, 0) is 33.6 Å². The van der Waals surface area contributed by atoms with Gasteiger partial charge in [0.15, 0.2) is 5.12 Å². The second-order valence-corrected chi connectivity index (χ2v) is 5.76. The molecular formula is C12H15BrO4S. The Kier molecular flexibility index (Phi) is 6.14. The summed E-state index contributed by atoms with van der Waals surface area (Å²) >= 11 is 4.29. The number of aliphatic hydroxyl groups excluding tert-OH is 2. The van der Waals surface area contributed by atoms with Crippen LogP contribution in [0.3, 0.4) is 0 Å². The molecule has 0 radical (unpaired) electrons. The molecule has 4 nitrogen and oxygen atoms in total. The lowest BCUT2D eigenvalue weighted by atomic mass is 10.1.